The van der Waals surface area contributed by atoms with Crippen molar-refractivity contribution >= 4 is 22.3 Å². The van der Waals surface area contributed by atoms with E-state index in [4.69, 9.17) is 10.00 Å². The molecular formula is C23H29BrN2O2. The molecule has 0 heterocycles. The average Bonchev–Trinajstić information content (AvgIpc) is 2.71. The fourth-order valence-electron chi connectivity index (χ4n) is 1.67. The highest BCUT2D eigenvalue weighted by atomic mass is 79.9. The number of nitriles is 1. The first-order chi connectivity index (χ1) is 13.6. The van der Waals surface area contributed by atoms with Crippen LogP contribution >= 0.6 is 15.9 Å². The number of hydrogen-bond acceptors (Lipinski definition) is 3. The van der Waals surface area contributed by atoms with Gasteiger partial charge in [-0.25, -0.2) is 0 Å². The lowest BCUT2D eigenvalue weighted by molar-refractivity contribution is -0.108. The SMILES string of the molecule is C=C/C=C(/C#N)C=C.C=CCC/C=C/C=C/C(=C/CBr)C(=C\COC)/NC=O. The zero-order valence-corrected chi connectivity index (χ0v) is 18.0. The number of carbonyl (C=O) groups is 1. The molecule has 5 heteroatoms. The van der Waals surface area contributed by atoms with Crippen LogP contribution in [0.15, 0.2) is 97.3 Å². The average molecular weight is 445 g/mol. The summed E-state index contributed by atoms with van der Waals surface area (Å²) in [6.45, 7) is 11.0. The van der Waals surface area contributed by atoms with Gasteiger partial charge in [0, 0.05) is 18.1 Å². The third-order valence-electron chi connectivity index (χ3n) is 2.98. The van der Waals surface area contributed by atoms with Crippen LogP contribution in [0.25, 0.3) is 0 Å². The number of methoxy groups -OCH3 is 1. The predicted octanol–water partition coefficient (Wildman–Crippen LogP) is 5.47. The number of carbonyl (C=O) groups excluding carboxylic acids is 1. The van der Waals surface area contributed by atoms with Gasteiger partial charge in [0.25, 0.3) is 0 Å². The van der Waals surface area contributed by atoms with Crippen LogP contribution in [-0.4, -0.2) is 25.5 Å². The lowest BCUT2D eigenvalue weighted by atomic mass is 10.1. The van der Waals surface area contributed by atoms with Gasteiger partial charge >= 0.3 is 0 Å². The molecule has 4 nitrogen and oxygen atoms in total. The second-order valence-electron chi connectivity index (χ2n) is 4.98. The van der Waals surface area contributed by atoms with Crippen molar-refractivity contribution in [2.45, 2.75) is 12.8 Å². The summed E-state index contributed by atoms with van der Waals surface area (Å²) in [6.07, 6.45) is 20.9. The number of nitrogens with zero attached hydrogens (tertiary/aromatic N) is 1. The molecule has 28 heavy (non-hydrogen) atoms. The second kappa shape index (κ2) is 22.4. The van der Waals surface area contributed by atoms with Crippen LogP contribution in [0.3, 0.4) is 0 Å². The molecule has 0 saturated carbocycles. The Hall–Kier alpha value is -2.68. The third kappa shape index (κ3) is 16.8. The molecule has 0 unspecified atom stereocenters. The standard InChI is InChI=1S/C16H22BrNO2.C7H7N/c1-3-4-5-6-7-8-9-15(10-12-17)16(18-14-19)11-13-20-2;1-3-5-7(4-2)6-8/h3,6-11,14H,1,4-5,12-13H2,2H3,(H,18,19);3-5H,1-2H2/b7-6+,9-8+,15-10-,16-11+;7-5+. The number of ether oxygens (including phenoxy) is 1. The summed E-state index contributed by atoms with van der Waals surface area (Å²) in [5, 5.41) is 11.6. The van der Waals surface area contributed by atoms with Crippen LogP contribution in [0, 0.1) is 11.3 Å². The Morgan fingerprint density at radius 3 is 2.43 bits per heavy atom. The van der Waals surface area contributed by atoms with Crippen LogP contribution in [0.1, 0.15) is 12.8 Å². The van der Waals surface area contributed by atoms with E-state index >= 15 is 0 Å². The van der Waals surface area contributed by atoms with Crippen LogP contribution in [0.4, 0.5) is 0 Å². The van der Waals surface area contributed by atoms with Crippen LogP contribution < -0.4 is 5.32 Å². The molecule has 0 atom stereocenters. The first-order valence-corrected chi connectivity index (χ1v) is 9.72. The van der Waals surface area contributed by atoms with E-state index in [0.717, 1.165) is 24.1 Å². The maximum absolute atomic E-state index is 10.7. The van der Waals surface area contributed by atoms with Crippen molar-refractivity contribution in [2.75, 3.05) is 19.0 Å². The lowest BCUT2D eigenvalue weighted by Gasteiger charge is -2.07. The van der Waals surface area contributed by atoms with Gasteiger partial charge in [-0.15, -0.1) is 6.58 Å². The lowest BCUT2D eigenvalue weighted by Crippen LogP contribution is -2.12. The summed E-state index contributed by atoms with van der Waals surface area (Å²) >= 11 is 3.37. The van der Waals surface area contributed by atoms with E-state index in [1.54, 1.807) is 19.3 Å². The molecule has 0 aliphatic heterocycles. The van der Waals surface area contributed by atoms with Crippen molar-refractivity contribution in [3.63, 3.8) is 0 Å². The molecule has 150 valence electrons. The van der Waals surface area contributed by atoms with Crippen LogP contribution in [0.5, 0.6) is 0 Å². The molecule has 0 aliphatic carbocycles. The largest absolute Gasteiger partial charge is 0.381 e. The van der Waals surface area contributed by atoms with E-state index < -0.39 is 0 Å². The van der Waals surface area contributed by atoms with E-state index in [-0.39, 0.29) is 0 Å². The summed E-state index contributed by atoms with van der Waals surface area (Å²) in [5.74, 6) is 0. The van der Waals surface area contributed by atoms with E-state index in [2.05, 4.69) is 47.1 Å². The Balaban J connectivity index is 0. The summed E-state index contributed by atoms with van der Waals surface area (Å²) < 4.78 is 5.00. The number of hydrogen-bond donors (Lipinski definition) is 1. The summed E-state index contributed by atoms with van der Waals surface area (Å²) in [4.78, 5) is 10.7. The van der Waals surface area contributed by atoms with Crippen molar-refractivity contribution in [3.05, 3.63) is 97.3 Å². The Labute approximate surface area is 177 Å². The molecule has 0 aromatic carbocycles. The van der Waals surface area contributed by atoms with Gasteiger partial charge in [0.15, 0.2) is 0 Å². The van der Waals surface area contributed by atoms with E-state index in [1.807, 2.05) is 42.5 Å². The highest BCUT2D eigenvalue weighted by Crippen LogP contribution is 2.10. The minimum absolute atomic E-state index is 0.443. The number of alkyl halides is 1. The fourth-order valence-corrected chi connectivity index (χ4v) is 2.02. The minimum atomic E-state index is 0.443. The van der Waals surface area contributed by atoms with Gasteiger partial charge in [-0.3, -0.25) is 4.79 Å². The van der Waals surface area contributed by atoms with Crippen molar-refractivity contribution in [3.8, 4) is 6.07 Å². The fraction of sp³-hybridized carbons (Fsp3) is 0.217. The first-order valence-electron chi connectivity index (χ1n) is 8.60. The quantitative estimate of drug-likeness (QED) is 0.102. The molecule has 0 spiro atoms. The molecule has 0 radical (unpaired) electrons. The summed E-state index contributed by atoms with van der Waals surface area (Å²) in [7, 11) is 1.61. The van der Waals surface area contributed by atoms with Gasteiger partial charge in [0.2, 0.25) is 6.41 Å². The number of allylic oxidation sites excluding steroid dienone is 10. The van der Waals surface area contributed by atoms with Crippen LogP contribution in [-0.2, 0) is 9.53 Å². The van der Waals surface area contributed by atoms with Gasteiger partial charge in [0.1, 0.15) is 0 Å². The maximum atomic E-state index is 10.7. The van der Waals surface area contributed by atoms with Gasteiger partial charge < -0.3 is 10.1 Å². The molecule has 1 N–H and O–H groups in total. The molecule has 0 bridgehead atoms. The van der Waals surface area contributed by atoms with Gasteiger partial charge in [-0.05, 0) is 30.6 Å². The molecule has 0 saturated heterocycles. The third-order valence-corrected chi connectivity index (χ3v) is 3.31. The van der Waals surface area contributed by atoms with Crippen molar-refractivity contribution in [1.29, 1.82) is 5.26 Å². The molecule has 0 aromatic heterocycles. The van der Waals surface area contributed by atoms with Crippen molar-refractivity contribution in [1.82, 2.24) is 5.32 Å². The van der Waals surface area contributed by atoms with E-state index in [1.165, 1.54) is 6.08 Å². The predicted molar refractivity (Wildman–Crippen MR) is 123 cm³/mol. The highest BCUT2D eigenvalue weighted by molar-refractivity contribution is 9.09. The summed E-state index contributed by atoms with van der Waals surface area (Å²) in [6, 6.07) is 1.92. The van der Waals surface area contributed by atoms with Crippen molar-refractivity contribution < 1.29 is 9.53 Å². The highest BCUT2D eigenvalue weighted by Gasteiger charge is 2.00. The van der Waals surface area contributed by atoms with Gasteiger partial charge in [0.05, 0.1) is 18.2 Å². The zero-order valence-electron chi connectivity index (χ0n) is 16.4. The minimum Gasteiger partial charge on any atom is -0.381 e. The molecule has 1 amide bonds. The summed E-state index contributed by atoms with van der Waals surface area (Å²) in [5.41, 5.74) is 2.21. The van der Waals surface area contributed by atoms with Crippen molar-refractivity contribution in [2.24, 2.45) is 0 Å². The van der Waals surface area contributed by atoms with E-state index in [0.29, 0.717) is 23.9 Å². The molecular weight excluding hydrogens is 416 g/mol. The number of unbranched alkanes of at least 4 members (excludes halogenated alkanes) is 1. The number of rotatable bonds is 13. The van der Waals surface area contributed by atoms with Gasteiger partial charge in [-0.2, -0.15) is 5.26 Å². The molecule has 0 rings (SSSR count). The maximum Gasteiger partial charge on any atom is 0.211 e. The molecule has 0 fully saturated rings. The Morgan fingerprint density at radius 2 is 1.96 bits per heavy atom. The molecule has 0 aliphatic rings. The second-order valence-corrected chi connectivity index (χ2v) is 5.62. The number of amides is 1. The van der Waals surface area contributed by atoms with Crippen LogP contribution in [0.2, 0.25) is 0 Å². The molecule has 0 aromatic rings. The Morgan fingerprint density at radius 1 is 1.21 bits per heavy atom. The van der Waals surface area contributed by atoms with E-state index in [9.17, 15) is 4.79 Å². The zero-order chi connectivity index (χ0) is 21.5. The smallest absolute Gasteiger partial charge is 0.211 e. The van der Waals surface area contributed by atoms with Gasteiger partial charge in [-0.1, -0.05) is 77.7 Å². The Bertz CT molecular complexity index is 663. The first kappa shape index (κ1) is 27.5. The monoisotopic (exact) mass is 444 g/mol. The number of halogens is 1. The normalized spacial score (nSPS) is 12.1. The topological polar surface area (TPSA) is 62.1 Å². The number of nitrogens with one attached hydrogen (secondary N) is 1. The Kier molecular flexibility index (Phi) is 22.0.